The summed E-state index contributed by atoms with van der Waals surface area (Å²) in [7, 11) is 1.35. The van der Waals surface area contributed by atoms with Crippen molar-refractivity contribution in [3.05, 3.63) is 58.1 Å². The molecular weight excluding hydrogens is 372 g/mol. The van der Waals surface area contributed by atoms with Crippen LogP contribution in [0.15, 0.2) is 46.9 Å². The molecule has 0 fully saturated rings. The standard InChI is InChI=1S/C19H19BrO4/c1-19(2,3)24-18(22)13-7-5-12(6-8-13)15-10-9-14(11-16(15)20)17(21)23-4/h5-11H,1-4H3. The largest absolute Gasteiger partial charge is 0.465 e. The van der Waals surface area contributed by atoms with Crippen molar-refractivity contribution in [3.8, 4) is 11.1 Å². The van der Waals surface area contributed by atoms with Crippen LogP contribution in [0.4, 0.5) is 0 Å². The fourth-order valence-electron chi connectivity index (χ4n) is 2.12. The summed E-state index contributed by atoms with van der Waals surface area (Å²) in [6.45, 7) is 5.50. The fourth-order valence-corrected chi connectivity index (χ4v) is 2.72. The maximum atomic E-state index is 12.0. The van der Waals surface area contributed by atoms with Crippen molar-refractivity contribution in [3.63, 3.8) is 0 Å². The number of carbonyl (C=O) groups excluding carboxylic acids is 2. The quantitative estimate of drug-likeness (QED) is 0.702. The average molecular weight is 391 g/mol. The Morgan fingerprint density at radius 2 is 1.50 bits per heavy atom. The van der Waals surface area contributed by atoms with Crippen LogP contribution in [0, 0.1) is 0 Å². The van der Waals surface area contributed by atoms with Crippen LogP contribution in [0.25, 0.3) is 11.1 Å². The van der Waals surface area contributed by atoms with E-state index in [1.54, 1.807) is 24.3 Å². The van der Waals surface area contributed by atoms with Gasteiger partial charge >= 0.3 is 11.9 Å². The van der Waals surface area contributed by atoms with Crippen molar-refractivity contribution in [2.24, 2.45) is 0 Å². The summed E-state index contributed by atoms with van der Waals surface area (Å²) in [6.07, 6.45) is 0. The maximum absolute atomic E-state index is 12.0. The summed E-state index contributed by atoms with van der Waals surface area (Å²) in [4.78, 5) is 23.6. The van der Waals surface area contributed by atoms with Crippen LogP contribution < -0.4 is 0 Å². The third kappa shape index (κ3) is 4.45. The van der Waals surface area contributed by atoms with Gasteiger partial charge in [-0.3, -0.25) is 0 Å². The van der Waals surface area contributed by atoms with Crippen LogP contribution in [-0.4, -0.2) is 24.6 Å². The first-order chi connectivity index (χ1) is 11.2. The third-order valence-electron chi connectivity index (χ3n) is 3.22. The topological polar surface area (TPSA) is 52.6 Å². The predicted octanol–water partition coefficient (Wildman–Crippen LogP) is 4.86. The zero-order chi connectivity index (χ0) is 17.9. The van der Waals surface area contributed by atoms with Gasteiger partial charge in [-0.25, -0.2) is 9.59 Å². The molecule has 0 aliphatic heterocycles. The van der Waals surface area contributed by atoms with Crippen molar-refractivity contribution in [1.29, 1.82) is 0 Å². The first kappa shape index (κ1) is 18.2. The summed E-state index contributed by atoms with van der Waals surface area (Å²) in [5, 5.41) is 0. The van der Waals surface area contributed by atoms with E-state index in [-0.39, 0.29) is 11.9 Å². The predicted molar refractivity (Wildman–Crippen MR) is 96.1 cm³/mol. The molecule has 2 aromatic carbocycles. The Kier molecular flexibility index (Phi) is 5.44. The van der Waals surface area contributed by atoms with Gasteiger partial charge in [-0.05, 0) is 56.2 Å². The lowest BCUT2D eigenvalue weighted by atomic mass is 10.0. The molecule has 2 aromatic rings. The molecule has 5 heteroatoms. The van der Waals surface area contributed by atoms with Gasteiger partial charge in [-0.1, -0.05) is 34.1 Å². The van der Waals surface area contributed by atoms with E-state index in [2.05, 4.69) is 15.9 Å². The number of rotatable bonds is 3. The fraction of sp³-hybridized carbons (Fsp3) is 0.263. The lowest BCUT2D eigenvalue weighted by Crippen LogP contribution is -2.23. The van der Waals surface area contributed by atoms with Gasteiger partial charge in [-0.15, -0.1) is 0 Å². The lowest BCUT2D eigenvalue weighted by molar-refractivity contribution is 0.00693. The molecule has 0 spiro atoms. The smallest absolute Gasteiger partial charge is 0.338 e. The Morgan fingerprint density at radius 3 is 2.00 bits per heavy atom. The molecule has 4 nitrogen and oxygen atoms in total. The summed E-state index contributed by atoms with van der Waals surface area (Å²) < 4.78 is 10.8. The zero-order valence-electron chi connectivity index (χ0n) is 14.1. The van der Waals surface area contributed by atoms with Crippen molar-refractivity contribution in [2.75, 3.05) is 7.11 Å². The number of hydrogen-bond acceptors (Lipinski definition) is 4. The molecule has 0 atom stereocenters. The minimum absolute atomic E-state index is 0.353. The van der Waals surface area contributed by atoms with E-state index >= 15 is 0 Å². The van der Waals surface area contributed by atoms with Crippen molar-refractivity contribution in [1.82, 2.24) is 0 Å². The molecule has 0 saturated carbocycles. The summed E-state index contributed by atoms with van der Waals surface area (Å²) in [5.74, 6) is -0.739. The monoisotopic (exact) mass is 390 g/mol. The number of halogens is 1. The number of ether oxygens (including phenoxy) is 2. The van der Waals surface area contributed by atoms with Gasteiger partial charge in [0.2, 0.25) is 0 Å². The molecule has 0 bridgehead atoms. The number of benzene rings is 2. The summed E-state index contributed by atoms with van der Waals surface area (Å²) in [6, 6.07) is 12.4. The second kappa shape index (κ2) is 7.18. The molecular formula is C19H19BrO4. The summed E-state index contributed by atoms with van der Waals surface area (Å²) in [5.41, 5.74) is 2.28. The van der Waals surface area contributed by atoms with E-state index in [1.165, 1.54) is 7.11 Å². The van der Waals surface area contributed by atoms with E-state index in [0.717, 1.165) is 15.6 Å². The van der Waals surface area contributed by atoms with Gasteiger partial charge in [0.25, 0.3) is 0 Å². The minimum atomic E-state index is -0.525. The van der Waals surface area contributed by atoms with E-state index in [0.29, 0.717) is 11.1 Å². The Labute approximate surface area is 149 Å². The molecule has 24 heavy (non-hydrogen) atoms. The van der Waals surface area contributed by atoms with Gasteiger partial charge in [0.15, 0.2) is 0 Å². The SMILES string of the molecule is COC(=O)c1ccc(-c2ccc(C(=O)OC(C)(C)C)cc2)c(Br)c1. The van der Waals surface area contributed by atoms with Gasteiger partial charge in [0, 0.05) is 4.47 Å². The van der Waals surface area contributed by atoms with E-state index in [9.17, 15) is 9.59 Å². The molecule has 0 aliphatic carbocycles. The molecule has 0 saturated heterocycles. The third-order valence-corrected chi connectivity index (χ3v) is 3.88. The second-order valence-corrected chi connectivity index (χ2v) is 7.12. The first-order valence-electron chi connectivity index (χ1n) is 7.43. The highest BCUT2D eigenvalue weighted by atomic mass is 79.9. The van der Waals surface area contributed by atoms with Crippen LogP contribution in [0.2, 0.25) is 0 Å². The minimum Gasteiger partial charge on any atom is -0.465 e. The zero-order valence-corrected chi connectivity index (χ0v) is 15.6. The summed E-state index contributed by atoms with van der Waals surface area (Å²) >= 11 is 3.47. The highest BCUT2D eigenvalue weighted by molar-refractivity contribution is 9.10. The Morgan fingerprint density at radius 1 is 0.917 bits per heavy atom. The molecule has 0 heterocycles. The molecule has 0 aromatic heterocycles. The van der Waals surface area contributed by atoms with Gasteiger partial charge in [0.05, 0.1) is 18.2 Å². The molecule has 0 unspecified atom stereocenters. The van der Waals surface area contributed by atoms with E-state index in [4.69, 9.17) is 9.47 Å². The number of methoxy groups -OCH3 is 1. The molecule has 0 radical (unpaired) electrons. The Bertz CT molecular complexity index is 758. The highest BCUT2D eigenvalue weighted by Gasteiger charge is 2.18. The van der Waals surface area contributed by atoms with Crippen LogP contribution in [0.5, 0.6) is 0 Å². The van der Waals surface area contributed by atoms with Crippen LogP contribution in [-0.2, 0) is 9.47 Å². The highest BCUT2D eigenvalue weighted by Crippen LogP contribution is 2.29. The number of esters is 2. The molecule has 0 aliphatic rings. The molecule has 0 N–H and O–H groups in total. The van der Waals surface area contributed by atoms with Crippen molar-refractivity contribution in [2.45, 2.75) is 26.4 Å². The lowest BCUT2D eigenvalue weighted by Gasteiger charge is -2.19. The maximum Gasteiger partial charge on any atom is 0.338 e. The Hall–Kier alpha value is -2.14. The van der Waals surface area contributed by atoms with Gasteiger partial charge in [-0.2, -0.15) is 0 Å². The van der Waals surface area contributed by atoms with Crippen LogP contribution in [0.1, 0.15) is 41.5 Å². The Balaban J connectivity index is 2.25. The molecule has 126 valence electrons. The van der Waals surface area contributed by atoms with E-state index in [1.807, 2.05) is 39.0 Å². The van der Waals surface area contributed by atoms with Crippen molar-refractivity contribution < 1.29 is 19.1 Å². The van der Waals surface area contributed by atoms with Gasteiger partial charge in [0.1, 0.15) is 5.60 Å². The second-order valence-electron chi connectivity index (χ2n) is 6.27. The average Bonchev–Trinajstić information content (AvgIpc) is 2.52. The van der Waals surface area contributed by atoms with Crippen molar-refractivity contribution >= 4 is 27.9 Å². The van der Waals surface area contributed by atoms with Crippen LogP contribution in [0.3, 0.4) is 0 Å². The first-order valence-corrected chi connectivity index (χ1v) is 8.22. The van der Waals surface area contributed by atoms with E-state index < -0.39 is 5.60 Å². The normalized spacial score (nSPS) is 11.0. The van der Waals surface area contributed by atoms with Crippen LogP contribution >= 0.6 is 15.9 Å². The van der Waals surface area contributed by atoms with Gasteiger partial charge < -0.3 is 9.47 Å². The molecule has 2 rings (SSSR count). The number of hydrogen-bond donors (Lipinski definition) is 0. The number of carbonyl (C=O) groups is 2. The molecule has 0 amide bonds.